The quantitative estimate of drug-likeness (QED) is 0.0800. The third kappa shape index (κ3) is 7.18. The van der Waals surface area contributed by atoms with E-state index in [0.29, 0.717) is 17.9 Å². The molecule has 222 valence electrons. The van der Waals surface area contributed by atoms with E-state index in [9.17, 15) is 4.79 Å². The van der Waals surface area contributed by atoms with Crippen LogP contribution in [0.5, 0.6) is 0 Å². The summed E-state index contributed by atoms with van der Waals surface area (Å²) in [5.74, 6) is 2.07. The number of thioether (sulfide) groups is 1. The Hall–Kier alpha value is -3.51. The fourth-order valence-electron chi connectivity index (χ4n) is 4.91. The molecule has 3 aromatic carbocycles. The van der Waals surface area contributed by atoms with Gasteiger partial charge in [0.05, 0.1) is 12.7 Å². The molecule has 0 bridgehead atoms. The van der Waals surface area contributed by atoms with Crippen LogP contribution in [0, 0.1) is 0 Å². The zero-order valence-corrected chi connectivity index (χ0v) is 29.0. The minimum absolute atomic E-state index is 0.332. The molecule has 0 N–H and O–H groups in total. The first-order valence-corrected chi connectivity index (χ1v) is 25.3. The number of ether oxygens (including phenoxy) is 1. The summed E-state index contributed by atoms with van der Waals surface area (Å²) in [6.45, 7) is 2.84. The molecule has 2 aromatic heterocycles. The van der Waals surface area contributed by atoms with Crippen LogP contribution in [0.3, 0.4) is 0 Å². The fourth-order valence-corrected chi connectivity index (χ4v) is 9.04. The molecule has 11 heteroatoms. The number of carbonyl (C=O) groups excluding carboxylic acids is 1. The number of hydrogen-bond acceptors (Lipinski definition) is 8. The monoisotopic (exact) mass is 703 g/mol. The predicted octanol–water partition coefficient (Wildman–Crippen LogP) is 6.75. The van der Waals surface area contributed by atoms with Crippen molar-refractivity contribution in [3.63, 3.8) is 0 Å². The second-order valence-electron chi connectivity index (χ2n) is 11.4. The Bertz CT molecular complexity index is 1690. The molecule has 0 saturated carbocycles. The molecule has 5 rings (SSSR count). The molecule has 0 amide bonds. The van der Waals surface area contributed by atoms with Crippen LogP contribution in [-0.2, 0) is 23.5 Å². The van der Waals surface area contributed by atoms with E-state index in [1.807, 2.05) is 24.3 Å². The molecule has 0 aliphatic rings. The van der Waals surface area contributed by atoms with Gasteiger partial charge >= 0.3 is 185 Å². The van der Waals surface area contributed by atoms with E-state index < -0.39 is 18.7 Å². The third-order valence-corrected chi connectivity index (χ3v) is 12.7. The van der Waals surface area contributed by atoms with E-state index in [1.165, 1.54) is 7.11 Å². The Morgan fingerprint density at radius 1 is 0.907 bits per heavy atom. The Labute approximate surface area is 261 Å². The molecule has 0 unspecified atom stereocenters. The van der Waals surface area contributed by atoms with Crippen molar-refractivity contribution in [3.8, 4) is 22.5 Å². The summed E-state index contributed by atoms with van der Waals surface area (Å²) in [7, 11) is 1.41. The summed E-state index contributed by atoms with van der Waals surface area (Å²) in [5.41, 5.74) is 5.90. The second kappa shape index (κ2) is 13.9. The van der Waals surface area contributed by atoms with Gasteiger partial charge in [0.15, 0.2) is 0 Å². The van der Waals surface area contributed by atoms with E-state index in [1.54, 1.807) is 17.8 Å². The van der Waals surface area contributed by atoms with Gasteiger partial charge in [-0.2, -0.15) is 0 Å². The van der Waals surface area contributed by atoms with Crippen molar-refractivity contribution in [1.82, 2.24) is 33.2 Å². The van der Waals surface area contributed by atoms with Crippen molar-refractivity contribution in [2.45, 2.75) is 58.5 Å². The molecule has 2 heterocycles. The molecule has 0 saturated heterocycles. The van der Waals surface area contributed by atoms with Crippen molar-refractivity contribution in [2.24, 2.45) is 0 Å². The fraction of sp³-hybridized carbons (Fsp3) is 0.312. The number of benzene rings is 3. The maximum absolute atomic E-state index is 12.3. The van der Waals surface area contributed by atoms with Gasteiger partial charge in [-0.15, -0.1) is 0 Å². The number of hydrogen-bond donors (Lipinski definition) is 0. The van der Waals surface area contributed by atoms with E-state index in [-0.39, 0.29) is 5.97 Å². The number of aromatic nitrogens is 7. The van der Waals surface area contributed by atoms with Gasteiger partial charge < -0.3 is 4.74 Å². The summed E-state index contributed by atoms with van der Waals surface area (Å²) < 4.78 is 9.26. The Morgan fingerprint density at radius 2 is 1.63 bits per heavy atom. The van der Waals surface area contributed by atoms with E-state index >= 15 is 0 Å². The predicted molar refractivity (Wildman–Crippen MR) is 173 cm³/mol. The number of nitrogens with zero attached hydrogens (tertiary/aromatic N) is 7. The first kappa shape index (κ1) is 30.9. The number of unbranched alkanes of at least 4 members (excludes halogenated alkanes) is 1. The Balaban J connectivity index is 1.40. The van der Waals surface area contributed by atoms with Crippen LogP contribution in [0.1, 0.15) is 47.1 Å². The molecule has 5 aromatic rings. The van der Waals surface area contributed by atoms with E-state index in [2.05, 4.69) is 97.4 Å². The first-order chi connectivity index (χ1) is 20.8. The van der Waals surface area contributed by atoms with Crippen LogP contribution < -0.4 is 0 Å². The van der Waals surface area contributed by atoms with Gasteiger partial charge in [0.1, 0.15) is 0 Å². The van der Waals surface area contributed by atoms with Gasteiger partial charge in [-0.25, -0.2) is 4.79 Å². The SMILES string of the molecule is CCCCc1nnc(SCc2ccccc2C(=O)OC)n1Cc1ccc(-c2ccccc2-c2nnn[n]2[Sn]([CH3])([CH3])[CH3])cc1. The second-order valence-corrected chi connectivity index (χ2v) is 25.9. The molecule has 0 fully saturated rings. The average Bonchev–Trinajstić information content (AvgIpc) is 3.67. The van der Waals surface area contributed by atoms with Crippen molar-refractivity contribution >= 4 is 36.4 Å². The third-order valence-electron chi connectivity index (χ3n) is 7.21. The van der Waals surface area contributed by atoms with Crippen LogP contribution in [0.15, 0.2) is 78.0 Å². The van der Waals surface area contributed by atoms with Gasteiger partial charge in [0.2, 0.25) is 0 Å². The summed E-state index contributed by atoms with van der Waals surface area (Å²) in [6.07, 6.45) is 2.99. The van der Waals surface area contributed by atoms with Gasteiger partial charge in [0.25, 0.3) is 0 Å². The summed E-state index contributed by atoms with van der Waals surface area (Å²) in [5, 5.41) is 22.7. The summed E-state index contributed by atoms with van der Waals surface area (Å²) in [4.78, 5) is 19.2. The molecule has 0 radical (unpaired) electrons. The number of rotatable bonds is 12. The van der Waals surface area contributed by atoms with Gasteiger partial charge in [-0.05, 0) is 18.1 Å². The van der Waals surface area contributed by atoms with Gasteiger partial charge in [0, 0.05) is 5.75 Å². The standard InChI is InChI=1S/C29H28N7O2S.3CH3.Sn/c1-3-4-13-26-30-33-29(39-19-22-9-5-6-11-24(22)28(37)38-2)36(26)18-20-14-16-21(17-15-20)23-10-7-8-12-25(23)27-31-34-35-32-27;;;;/h5-12,14-17H,3-4,13,18-19H2,1-2H3;3*1H3;/q-1;;;;+1. The molecule has 0 atom stereocenters. The van der Waals surface area contributed by atoms with Crippen molar-refractivity contribution < 1.29 is 9.53 Å². The van der Waals surface area contributed by atoms with Gasteiger partial charge in [-0.1, -0.05) is 31.5 Å². The maximum atomic E-state index is 12.3. The van der Waals surface area contributed by atoms with Crippen LogP contribution in [0.25, 0.3) is 22.5 Å². The van der Waals surface area contributed by atoms with Crippen LogP contribution >= 0.6 is 11.8 Å². The van der Waals surface area contributed by atoms with Crippen molar-refractivity contribution in [1.29, 1.82) is 0 Å². The zero-order valence-electron chi connectivity index (χ0n) is 25.3. The van der Waals surface area contributed by atoms with Crippen molar-refractivity contribution in [2.75, 3.05) is 7.11 Å². The number of tetrazole rings is 1. The Kier molecular flexibility index (Phi) is 9.96. The molecule has 9 nitrogen and oxygen atoms in total. The molecule has 0 spiro atoms. The van der Waals surface area contributed by atoms with Gasteiger partial charge in [-0.3, -0.25) is 0 Å². The summed E-state index contributed by atoms with van der Waals surface area (Å²) >= 11 is -1.00. The molecular weight excluding hydrogens is 665 g/mol. The molecule has 0 aliphatic carbocycles. The number of esters is 1. The molecular formula is C32H37N7O2SSn. The topological polar surface area (TPSA) is 101 Å². The first-order valence-electron chi connectivity index (χ1n) is 14.5. The average molecular weight is 702 g/mol. The van der Waals surface area contributed by atoms with Crippen molar-refractivity contribution in [3.05, 3.63) is 95.3 Å². The Morgan fingerprint density at radius 3 is 2.35 bits per heavy atom. The van der Waals surface area contributed by atoms with Crippen LogP contribution in [-0.4, -0.2) is 64.9 Å². The zero-order chi connectivity index (χ0) is 30.4. The molecule has 43 heavy (non-hydrogen) atoms. The summed E-state index contributed by atoms with van der Waals surface area (Å²) in [6, 6.07) is 24.5. The number of carbonyl (C=O) groups is 1. The molecule has 0 aliphatic heterocycles. The van der Waals surface area contributed by atoms with Crippen LogP contribution in [0.4, 0.5) is 0 Å². The normalized spacial score (nSPS) is 11.6. The minimum atomic E-state index is -2.59. The van der Waals surface area contributed by atoms with Crippen LogP contribution in [0.2, 0.25) is 14.8 Å². The van der Waals surface area contributed by atoms with E-state index in [0.717, 1.165) is 63.9 Å². The number of methoxy groups -OCH3 is 1. The van der Waals surface area contributed by atoms with E-state index in [4.69, 9.17) is 4.74 Å². The number of aryl methyl sites for hydroxylation is 1.